The first kappa shape index (κ1) is 17.0. The van der Waals surface area contributed by atoms with Crippen LogP contribution < -0.4 is 5.56 Å². The molecule has 2 aromatic heterocycles. The molecular weight excluding hydrogens is 316 g/mol. The van der Waals surface area contributed by atoms with Gasteiger partial charge in [-0.1, -0.05) is 30.3 Å². The van der Waals surface area contributed by atoms with Crippen molar-refractivity contribution in [1.29, 1.82) is 0 Å². The van der Waals surface area contributed by atoms with E-state index in [2.05, 4.69) is 0 Å². The van der Waals surface area contributed by atoms with E-state index in [1.165, 1.54) is 4.57 Å². The zero-order valence-electron chi connectivity index (χ0n) is 14.9. The predicted molar refractivity (Wildman–Crippen MR) is 98.1 cm³/mol. The van der Waals surface area contributed by atoms with Crippen molar-refractivity contribution in [3.05, 3.63) is 69.8 Å². The number of hydrogen-bond acceptors (Lipinski definition) is 3. The van der Waals surface area contributed by atoms with Crippen molar-refractivity contribution in [2.24, 2.45) is 7.05 Å². The summed E-state index contributed by atoms with van der Waals surface area (Å²) in [6.45, 7) is 5.97. The van der Waals surface area contributed by atoms with Crippen LogP contribution in [0.25, 0.3) is 10.9 Å². The molecule has 0 saturated carbocycles. The maximum absolute atomic E-state index is 12.8. The summed E-state index contributed by atoms with van der Waals surface area (Å²) in [4.78, 5) is 25.3. The highest BCUT2D eigenvalue weighted by atomic mass is 16.5. The Hall–Kier alpha value is -2.82. The number of nitrogens with zero attached hydrogens (tertiary/aromatic N) is 2. The number of hydrogen-bond donors (Lipinski definition) is 0. The molecule has 5 heteroatoms. The Bertz CT molecular complexity index is 984. The fourth-order valence-corrected chi connectivity index (χ4v) is 3.36. The van der Waals surface area contributed by atoms with Crippen molar-refractivity contribution in [1.82, 2.24) is 9.13 Å². The molecule has 3 aromatic rings. The van der Waals surface area contributed by atoms with Crippen LogP contribution in [0.1, 0.15) is 41.5 Å². The molecule has 0 aliphatic rings. The zero-order chi connectivity index (χ0) is 18.1. The Kier molecular flexibility index (Phi) is 4.49. The van der Waals surface area contributed by atoms with Gasteiger partial charge in [-0.05, 0) is 32.4 Å². The summed E-state index contributed by atoms with van der Waals surface area (Å²) >= 11 is 0. The second-order valence-electron chi connectivity index (χ2n) is 6.13. The quantitative estimate of drug-likeness (QED) is 0.685. The molecule has 0 saturated heterocycles. The third-order valence-electron chi connectivity index (χ3n) is 4.63. The highest BCUT2D eigenvalue weighted by Crippen LogP contribution is 2.30. The van der Waals surface area contributed by atoms with Crippen molar-refractivity contribution >= 4 is 16.9 Å². The molecule has 0 N–H and O–H groups in total. The minimum Gasteiger partial charge on any atom is -0.462 e. The topological polar surface area (TPSA) is 53.2 Å². The Morgan fingerprint density at radius 2 is 1.88 bits per heavy atom. The number of carbonyl (C=O) groups excluding carboxylic acids is 1. The summed E-state index contributed by atoms with van der Waals surface area (Å²) in [5.74, 6) is -0.391. The maximum Gasteiger partial charge on any atom is 0.340 e. The number of rotatable bonds is 4. The fraction of sp³-hybridized carbons (Fsp3) is 0.300. The molecule has 0 spiro atoms. The molecule has 130 valence electrons. The Morgan fingerprint density at radius 1 is 1.20 bits per heavy atom. The van der Waals surface area contributed by atoms with Crippen molar-refractivity contribution in [3.63, 3.8) is 0 Å². The third-order valence-corrected chi connectivity index (χ3v) is 4.63. The first-order valence-electron chi connectivity index (χ1n) is 8.39. The van der Waals surface area contributed by atoms with E-state index in [-0.39, 0.29) is 11.6 Å². The van der Waals surface area contributed by atoms with Gasteiger partial charge in [0, 0.05) is 24.3 Å². The summed E-state index contributed by atoms with van der Waals surface area (Å²) in [6.07, 6.45) is 1.68. The van der Waals surface area contributed by atoms with Crippen LogP contribution >= 0.6 is 0 Å². The number of ether oxygens (including phenoxy) is 1. The van der Waals surface area contributed by atoms with Crippen LogP contribution in [0.2, 0.25) is 0 Å². The van der Waals surface area contributed by atoms with Crippen LogP contribution in [-0.2, 0) is 11.8 Å². The molecule has 0 fully saturated rings. The normalized spacial score (nSPS) is 12.3. The molecule has 1 unspecified atom stereocenters. The minimum atomic E-state index is -0.391. The average Bonchev–Trinajstić information content (AvgIpc) is 2.91. The van der Waals surface area contributed by atoms with E-state index < -0.39 is 5.97 Å². The minimum absolute atomic E-state index is 0.0815. The number of benzene rings is 1. The summed E-state index contributed by atoms with van der Waals surface area (Å²) in [6, 6.07) is 11.7. The lowest BCUT2D eigenvalue weighted by molar-refractivity contribution is 0.0527. The van der Waals surface area contributed by atoms with Gasteiger partial charge in [0.25, 0.3) is 5.56 Å². The van der Waals surface area contributed by atoms with Crippen molar-refractivity contribution < 1.29 is 9.53 Å². The van der Waals surface area contributed by atoms with Gasteiger partial charge in [-0.3, -0.25) is 4.79 Å². The molecule has 2 heterocycles. The number of pyridine rings is 1. The molecule has 25 heavy (non-hydrogen) atoms. The fourth-order valence-electron chi connectivity index (χ4n) is 3.36. The maximum atomic E-state index is 12.8. The molecule has 0 amide bonds. The monoisotopic (exact) mass is 338 g/mol. The van der Waals surface area contributed by atoms with Gasteiger partial charge in [-0.25, -0.2) is 4.79 Å². The van der Waals surface area contributed by atoms with E-state index in [1.807, 2.05) is 54.8 Å². The van der Waals surface area contributed by atoms with Crippen LogP contribution in [-0.4, -0.2) is 21.7 Å². The lowest BCUT2D eigenvalue weighted by atomic mass is 10.1. The molecule has 3 rings (SSSR count). The van der Waals surface area contributed by atoms with Gasteiger partial charge in [0.1, 0.15) is 5.52 Å². The van der Waals surface area contributed by atoms with Crippen LogP contribution in [0.5, 0.6) is 0 Å². The van der Waals surface area contributed by atoms with Crippen molar-refractivity contribution in [2.75, 3.05) is 6.61 Å². The van der Waals surface area contributed by atoms with Crippen molar-refractivity contribution in [3.8, 4) is 0 Å². The van der Waals surface area contributed by atoms with Gasteiger partial charge in [0.2, 0.25) is 0 Å². The van der Waals surface area contributed by atoms with Gasteiger partial charge in [0.05, 0.1) is 18.2 Å². The molecule has 5 nitrogen and oxygen atoms in total. The summed E-state index contributed by atoms with van der Waals surface area (Å²) in [7, 11) is 1.71. The second-order valence-corrected chi connectivity index (χ2v) is 6.13. The molecular formula is C20H22N2O3. The average molecular weight is 338 g/mol. The van der Waals surface area contributed by atoms with Crippen LogP contribution in [0.3, 0.4) is 0 Å². The van der Waals surface area contributed by atoms with Gasteiger partial charge >= 0.3 is 5.97 Å². The number of aryl methyl sites for hydroxylation is 1. The summed E-state index contributed by atoms with van der Waals surface area (Å²) < 4.78 is 8.70. The van der Waals surface area contributed by atoms with E-state index in [4.69, 9.17) is 4.74 Å². The third kappa shape index (κ3) is 2.76. The van der Waals surface area contributed by atoms with E-state index >= 15 is 0 Å². The highest BCUT2D eigenvalue weighted by Gasteiger charge is 2.25. The molecule has 1 atom stereocenters. The smallest absolute Gasteiger partial charge is 0.340 e. The number of carbonyl (C=O) groups is 1. The van der Waals surface area contributed by atoms with E-state index in [0.717, 1.165) is 11.3 Å². The molecule has 0 bridgehead atoms. The number of fused-ring (bicyclic) bond motifs is 1. The van der Waals surface area contributed by atoms with Crippen molar-refractivity contribution in [2.45, 2.75) is 26.8 Å². The van der Waals surface area contributed by atoms with E-state index in [1.54, 1.807) is 20.2 Å². The Labute approximate surface area is 146 Å². The molecule has 1 aromatic carbocycles. The van der Waals surface area contributed by atoms with E-state index in [0.29, 0.717) is 23.1 Å². The van der Waals surface area contributed by atoms with Crippen LogP contribution in [0.4, 0.5) is 0 Å². The standard InChI is InChI=1S/C20H22N2O3/c1-5-25-20(24)17-14(3)22(13(2)15-9-7-6-8-10-15)18-16(17)11-12-21(4)19(18)23/h6-13H,5H2,1-4H3. The number of aromatic nitrogens is 2. The SMILES string of the molecule is CCOC(=O)c1c(C)n(C(C)c2ccccc2)c2c(=O)n(C)ccc12. The van der Waals surface area contributed by atoms with Gasteiger partial charge < -0.3 is 13.9 Å². The highest BCUT2D eigenvalue weighted by molar-refractivity contribution is 6.05. The molecule has 0 aliphatic heterocycles. The molecule has 0 radical (unpaired) electrons. The Balaban J connectivity index is 2.35. The summed E-state index contributed by atoms with van der Waals surface area (Å²) in [5, 5.41) is 0.641. The predicted octanol–water partition coefficient (Wildman–Crippen LogP) is 3.43. The Morgan fingerprint density at radius 3 is 2.52 bits per heavy atom. The van der Waals surface area contributed by atoms with Crippen LogP contribution in [0.15, 0.2) is 47.4 Å². The lowest BCUT2D eigenvalue weighted by Crippen LogP contribution is -2.20. The largest absolute Gasteiger partial charge is 0.462 e. The lowest BCUT2D eigenvalue weighted by Gasteiger charge is -2.18. The molecule has 0 aliphatic carbocycles. The van der Waals surface area contributed by atoms with Gasteiger partial charge in [-0.15, -0.1) is 0 Å². The number of esters is 1. The summed E-state index contributed by atoms with van der Waals surface area (Å²) in [5.41, 5.74) is 2.69. The van der Waals surface area contributed by atoms with E-state index in [9.17, 15) is 9.59 Å². The first-order valence-corrected chi connectivity index (χ1v) is 8.39. The zero-order valence-corrected chi connectivity index (χ0v) is 14.9. The van der Waals surface area contributed by atoms with Crippen LogP contribution in [0, 0.1) is 6.92 Å². The second kappa shape index (κ2) is 6.59. The van der Waals surface area contributed by atoms with Gasteiger partial charge in [-0.2, -0.15) is 0 Å². The first-order chi connectivity index (χ1) is 12.0. The van der Waals surface area contributed by atoms with Gasteiger partial charge in [0.15, 0.2) is 0 Å².